The van der Waals surface area contributed by atoms with Crippen molar-refractivity contribution in [3.05, 3.63) is 29.7 Å². The van der Waals surface area contributed by atoms with E-state index < -0.39 is 11.7 Å². The van der Waals surface area contributed by atoms with Crippen molar-refractivity contribution in [3.8, 4) is 0 Å². The first-order valence-electron chi connectivity index (χ1n) is 4.91. The maximum atomic E-state index is 12.3. The van der Waals surface area contributed by atoms with E-state index in [2.05, 4.69) is 4.98 Å². The summed E-state index contributed by atoms with van der Waals surface area (Å²) in [5.74, 6) is 0.360. The number of aryl methyl sites for hydroxylation is 1. The van der Waals surface area contributed by atoms with Crippen LogP contribution in [0.1, 0.15) is 25.3 Å². The van der Waals surface area contributed by atoms with Crippen LogP contribution in [0.3, 0.4) is 0 Å². The molecule has 1 heterocycles. The Morgan fingerprint density at radius 2 is 1.81 bits per heavy atom. The van der Waals surface area contributed by atoms with Crippen LogP contribution < -0.4 is 0 Å². The normalized spacial score (nSPS) is 11.1. The van der Waals surface area contributed by atoms with Gasteiger partial charge in [-0.1, -0.05) is 13.8 Å². The highest BCUT2D eigenvalue weighted by Gasteiger charge is 2.30. The van der Waals surface area contributed by atoms with E-state index in [9.17, 15) is 13.2 Å². The monoisotopic (exact) mass is 231 g/mol. The molecule has 0 spiro atoms. The summed E-state index contributed by atoms with van der Waals surface area (Å²) in [6.45, 7) is 5.59. The van der Waals surface area contributed by atoms with Crippen molar-refractivity contribution < 1.29 is 17.6 Å². The minimum absolute atomic E-state index is 0.164. The molecule has 2 aromatic rings. The third kappa shape index (κ3) is 2.53. The Kier molecular flexibility index (Phi) is 3.57. The second-order valence-corrected chi connectivity index (χ2v) is 2.91. The lowest BCUT2D eigenvalue weighted by atomic mass is 10.2. The largest absolute Gasteiger partial charge is 0.441 e. The maximum Gasteiger partial charge on any atom is 0.416 e. The number of nitrogens with zero attached hydrogens (tertiary/aromatic N) is 1. The van der Waals surface area contributed by atoms with E-state index in [-0.39, 0.29) is 5.58 Å². The average Bonchev–Trinajstić information content (AvgIpc) is 2.58. The molecule has 16 heavy (non-hydrogen) atoms. The molecule has 2 nitrogen and oxygen atoms in total. The molecule has 0 fully saturated rings. The lowest BCUT2D eigenvalue weighted by molar-refractivity contribution is -0.137. The van der Waals surface area contributed by atoms with Crippen molar-refractivity contribution >= 4 is 11.1 Å². The second-order valence-electron chi connectivity index (χ2n) is 2.91. The van der Waals surface area contributed by atoms with E-state index >= 15 is 0 Å². The van der Waals surface area contributed by atoms with Crippen LogP contribution in [-0.4, -0.2) is 4.98 Å². The zero-order valence-corrected chi connectivity index (χ0v) is 9.22. The van der Waals surface area contributed by atoms with Gasteiger partial charge in [0.15, 0.2) is 11.5 Å². The molecule has 0 saturated heterocycles. The standard InChI is InChI=1S/C9H6F3NO.C2H6/c1-5-13-7-3-2-6(9(10,11)12)4-8(7)14-5;1-2/h2-4H,1H3;1-2H3. The van der Waals surface area contributed by atoms with Crippen LogP contribution in [0.25, 0.3) is 11.1 Å². The lowest BCUT2D eigenvalue weighted by Crippen LogP contribution is -2.03. The van der Waals surface area contributed by atoms with Gasteiger partial charge in [0, 0.05) is 6.92 Å². The Morgan fingerprint density at radius 1 is 1.19 bits per heavy atom. The van der Waals surface area contributed by atoms with E-state index in [0.29, 0.717) is 11.4 Å². The van der Waals surface area contributed by atoms with E-state index in [1.54, 1.807) is 6.92 Å². The van der Waals surface area contributed by atoms with Crippen molar-refractivity contribution in [2.75, 3.05) is 0 Å². The Bertz CT molecular complexity index is 474. The van der Waals surface area contributed by atoms with Crippen molar-refractivity contribution in [2.45, 2.75) is 26.9 Å². The molecule has 0 radical (unpaired) electrons. The number of hydrogen-bond acceptors (Lipinski definition) is 2. The molecule has 0 aliphatic rings. The van der Waals surface area contributed by atoms with E-state index in [4.69, 9.17) is 4.42 Å². The van der Waals surface area contributed by atoms with Crippen LogP contribution in [0.4, 0.5) is 13.2 Å². The number of oxazole rings is 1. The highest BCUT2D eigenvalue weighted by Crippen LogP contribution is 2.31. The minimum Gasteiger partial charge on any atom is -0.441 e. The molecule has 0 saturated carbocycles. The summed E-state index contributed by atoms with van der Waals surface area (Å²) in [4.78, 5) is 3.90. The van der Waals surface area contributed by atoms with Gasteiger partial charge in [-0.25, -0.2) is 4.98 Å². The van der Waals surface area contributed by atoms with Gasteiger partial charge in [0.2, 0.25) is 0 Å². The zero-order chi connectivity index (χ0) is 12.3. The molecule has 0 atom stereocenters. The van der Waals surface area contributed by atoms with Crippen molar-refractivity contribution in [2.24, 2.45) is 0 Å². The van der Waals surface area contributed by atoms with E-state index in [1.807, 2.05) is 13.8 Å². The summed E-state index contributed by atoms with van der Waals surface area (Å²) < 4.78 is 41.8. The van der Waals surface area contributed by atoms with E-state index in [1.165, 1.54) is 6.07 Å². The number of rotatable bonds is 0. The van der Waals surface area contributed by atoms with Gasteiger partial charge in [-0.15, -0.1) is 0 Å². The molecule has 0 aliphatic carbocycles. The Hall–Kier alpha value is -1.52. The molecule has 2 rings (SSSR count). The lowest BCUT2D eigenvalue weighted by Gasteiger charge is -2.04. The Labute approximate surface area is 91.1 Å². The fraction of sp³-hybridized carbons (Fsp3) is 0.364. The summed E-state index contributed by atoms with van der Waals surface area (Å²) in [7, 11) is 0. The summed E-state index contributed by atoms with van der Waals surface area (Å²) in [5.41, 5.74) is -0.117. The fourth-order valence-corrected chi connectivity index (χ4v) is 1.22. The molecule has 1 aromatic heterocycles. The first-order chi connectivity index (χ1) is 7.47. The van der Waals surface area contributed by atoms with Crippen LogP contribution in [0, 0.1) is 6.92 Å². The molecular formula is C11H12F3NO. The number of halogens is 3. The van der Waals surface area contributed by atoms with Crippen molar-refractivity contribution in [1.29, 1.82) is 0 Å². The number of alkyl halides is 3. The fourth-order valence-electron chi connectivity index (χ4n) is 1.22. The summed E-state index contributed by atoms with van der Waals surface area (Å²) in [6, 6.07) is 3.24. The van der Waals surface area contributed by atoms with Crippen LogP contribution in [-0.2, 0) is 6.18 Å². The van der Waals surface area contributed by atoms with Crippen LogP contribution >= 0.6 is 0 Å². The molecule has 88 valence electrons. The molecule has 1 aromatic carbocycles. The zero-order valence-electron chi connectivity index (χ0n) is 9.22. The highest BCUT2D eigenvalue weighted by atomic mass is 19.4. The van der Waals surface area contributed by atoms with Crippen LogP contribution in [0.5, 0.6) is 0 Å². The topological polar surface area (TPSA) is 26.0 Å². The van der Waals surface area contributed by atoms with Gasteiger partial charge in [-0.05, 0) is 18.2 Å². The summed E-state index contributed by atoms with van der Waals surface area (Å²) >= 11 is 0. The first-order valence-corrected chi connectivity index (χ1v) is 4.91. The summed E-state index contributed by atoms with van der Waals surface area (Å²) in [5, 5.41) is 0. The highest BCUT2D eigenvalue weighted by molar-refractivity contribution is 5.73. The van der Waals surface area contributed by atoms with Gasteiger partial charge in [-0.3, -0.25) is 0 Å². The molecule has 0 amide bonds. The Morgan fingerprint density at radius 3 is 2.38 bits per heavy atom. The molecule has 0 aliphatic heterocycles. The number of benzene rings is 1. The van der Waals surface area contributed by atoms with Gasteiger partial charge in [0.1, 0.15) is 5.52 Å². The van der Waals surface area contributed by atoms with E-state index in [0.717, 1.165) is 12.1 Å². The molecule has 0 N–H and O–H groups in total. The number of aromatic nitrogens is 1. The van der Waals surface area contributed by atoms with Crippen LogP contribution in [0.2, 0.25) is 0 Å². The third-order valence-corrected chi connectivity index (χ3v) is 1.82. The smallest absolute Gasteiger partial charge is 0.416 e. The Balaban J connectivity index is 0.000000606. The molecular weight excluding hydrogens is 219 g/mol. The molecule has 0 bridgehead atoms. The van der Waals surface area contributed by atoms with Crippen molar-refractivity contribution in [3.63, 3.8) is 0 Å². The van der Waals surface area contributed by atoms with Gasteiger partial charge in [0.25, 0.3) is 0 Å². The summed E-state index contributed by atoms with van der Waals surface area (Å²) in [6.07, 6.45) is -4.34. The minimum atomic E-state index is -4.34. The van der Waals surface area contributed by atoms with Gasteiger partial charge in [0.05, 0.1) is 5.56 Å². The third-order valence-electron chi connectivity index (χ3n) is 1.82. The van der Waals surface area contributed by atoms with Gasteiger partial charge < -0.3 is 4.42 Å². The second kappa shape index (κ2) is 4.55. The number of fused-ring (bicyclic) bond motifs is 1. The van der Waals surface area contributed by atoms with Gasteiger partial charge >= 0.3 is 6.18 Å². The van der Waals surface area contributed by atoms with Crippen LogP contribution in [0.15, 0.2) is 22.6 Å². The predicted octanol–water partition coefficient (Wildman–Crippen LogP) is 4.18. The predicted molar refractivity (Wildman–Crippen MR) is 55.1 cm³/mol. The number of hydrogen-bond donors (Lipinski definition) is 0. The molecule has 5 heteroatoms. The maximum absolute atomic E-state index is 12.3. The SMILES string of the molecule is CC.Cc1nc2ccc(C(F)(F)F)cc2o1. The van der Waals surface area contributed by atoms with Crippen molar-refractivity contribution in [1.82, 2.24) is 4.98 Å². The molecule has 0 unspecified atom stereocenters. The van der Waals surface area contributed by atoms with Gasteiger partial charge in [-0.2, -0.15) is 13.2 Å². The average molecular weight is 231 g/mol. The first kappa shape index (κ1) is 12.5. The quantitative estimate of drug-likeness (QED) is 0.679.